The molecule has 3 heterocycles. The molecule has 0 aromatic carbocycles. The molecule has 0 spiro atoms. The highest BCUT2D eigenvalue weighted by Gasteiger charge is 2.20. The molecule has 2 N–H and O–H groups in total. The SMILES string of the molecule is [2H]C(F)(F)OC([2H])([2H])CC(c1ccc(B(O)O)cn1)n1cc(-c2ncnn2C)cn1. The Morgan fingerprint density at radius 1 is 1.30 bits per heavy atom. The van der Waals surface area contributed by atoms with E-state index in [0.717, 1.165) is 6.20 Å². The first-order valence-corrected chi connectivity index (χ1v) is 7.74. The lowest BCUT2D eigenvalue weighted by molar-refractivity contribution is -0.130. The number of hydrogen-bond donors (Lipinski definition) is 2. The average molecular weight is 381 g/mol. The first kappa shape index (κ1) is 15.4. The van der Waals surface area contributed by atoms with Crippen LogP contribution in [0.2, 0.25) is 0 Å². The molecule has 3 aromatic rings. The van der Waals surface area contributed by atoms with Crippen LogP contribution in [0.15, 0.2) is 37.1 Å². The molecule has 27 heavy (non-hydrogen) atoms. The lowest BCUT2D eigenvalue weighted by Crippen LogP contribution is -2.30. The van der Waals surface area contributed by atoms with Crippen LogP contribution in [-0.2, 0) is 11.8 Å². The Morgan fingerprint density at radius 3 is 2.70 bits per heavy atom. The number of rotatable bonds is 8. The fourth-order valence-electron chi connectivity index (χ4n) is 2.46. The Morgan fingerprint density at radius 2 is 2.11 bits per heavy atom. The third kappa shape index (κ3) is 4.53. The number of alkyl halides is 2. The zero-order chi connectivity index (χ0) is 22.1. The molecule has 0 aliphatic rings. The molecule has 0 bridgehead atoms. The summed E-state index contributed by atoms with van der Waals surface area (Å²) in [5.74, 6) is 0.476. The summed E-state index contributed by atoms with van der Waals surface area (Å²) in [6, 6.07) is 1.72. The summed E-state index contributed by atoms with van der Waals surface area (Å²) in [6.45, 7) is -7.33. The number of hydrogen-bond acceptors (Lipinski definition) is 7. The smallest absolute Gasteiger partial charge is 0.423 e. The van der Waals surface area contributed by atoms with E-state index in [4.69, 9.17) is 4.11 Å². The number of nitrogens with zero attached hydrogens (tertiary/aromatic N) is 6. The molecule has 0 radical (unpaired) electrons. The van der Waals surface area contributed by atoms with Gasteiger partial charge in [0.15, 0.2) is 5.82 Å². The highest BCUT2D eigenvalue weighted by molar-refractivity contribution is 6.58. The maximum Gasteiger partial charge on any atom is 0.490 e. The number of aromatic nitrogens is 6. The predicted molar refractivity (Wildman–Crippen MR) is 91.0 cm³/mol. The summed E-state index contributed by atoms with van der Waals surface area (Å²) in [5.41, 5.74) is 0.831. The molecule has 12 heteroatoms. The van der Waals surface area contributed by atoms with E-state index in [1.54, 1.807) is 7.05 Å². The Labute approximate surface area is 157 Å². The second-order valence-electron chi connectivity index (χ2n) is 5.50. The van der Waals surface area contributed by atoms with Crippen LogP contribution in [0.5, 0.6) is 0 Å². The van der Waals surface area contributed by atoms with Gasteiger partial charge in [0.2, 0.25) is 0 Å². The van der Waals surface area contributed by atoms with Gasteiger partial charge in [0.25, 0.3) is 0 Å². The molecule has 0 fully saturated rings. The quantitative estimate of drug-likeness (QED) is 0.528. The monoisotopic (exact) mass is 381 g/mol. The number of halogens is 2. The van der Waals surface area contributed by atoms with E-state index >= 15 is 0 Å². The highest BCUT2D eigenvalue weighted by atomic mass is 19.3. The van der Waals surface area contributed by atoms with Gasteiger partial charge in [0.1, 0.15) is 7.70 Å². The summed E-state index contributed by atoms with van der Waals surface area (Å²) in [4.78, 5) is 8.17. The molecule has 0 saturated carbocycles. The van der Waals surface area contributed by atoms with E-state index in [1.165, 1.54) is 40.2 Å². The van der Waals surface area contributed by atoms with Crippen LogP contribution in [0.4, 0.5) is 8.78 Å². The molecular weight excluding hydrogens is 361 g/mol. The minimum Gasteiger partial charge on any atom is -0.423 e. The van der Waals surface area contributed by atoms with Crippen LogP contribution >= 0.6 is 0 Å². The number of ether oxygens (including phenoxy) is 1. The third-order valence-corrected chi connectivity index (χ3v) is 3.77. The molecule has 0 amide bonds. The molecule has 9 nitrogen and oxygen atoms in total. The third-order valence-electron chi connectivity index (χ3n) is 3.77. The van der Waals surface area contributed by atoms with Gasteiger partial charge in [-0.25, -0.2) is 9.67 Å². The van der Waals surface area contributed by atoms with Crippen molar-refractivity contribution in [2.24, 2.45) is 7.05 Å². The fraction of sp³-hybridized carbons (Fsp3) is 0.333. The van der Waals surface area contributed by atoms with Gasteiger partial charge in [-0.2, -0.15) is 19.0 Å². The van der Waals surface area contributed by atoms with E-state index in [0.29, 0.717) is 11.4 Å². The number of aryl methyl sites for hydroxylation is 1. The van der Waals surface area contributed by atoms with E-state index in [-0.39, 0.29) is 11.2 Å². The van der Waals surface area contributed by atoms with Crippen LogP contribution in [0.3, 0.4) is 0 Å². The summed E-state index contributed by atoms with van der Waals surface area (Å²) in [7, 11) is -0.0885. The zero-order valence-corrected chi connectivity index (χ0v) is 14.1. The van der Waals surface area contributed by atoms with Gasteiger partial charge in [0.05, 0.1) is 32.8 Å². The van der Waals surface area contributed by atoms with Gasteiger partial charge in [-0.15, -0.1) is 0 Å². The summed E-state index contributed by atoms with van der Waals surface area (Å²) < 4.78 is 54.7. The molecule has 1 atom stereocenters. The highest BCUT2D eigenvalue weighted by Crippen LogP contribution is 2.23. The van der Waals surface area contributed by atoms with Crippen LogP contribution in [-0.4, -0.2) is 59.8 Å². The zero-order valence-electron chi connectivity index (χ0n) is 17.1. The Balaban J connectivity index is 1.97. The number of pyridine rings is 1. The molecule has 1 unspecified atom stereocenters. The molecular formula is C15H17BF2N6O3. The van der Waals surface area contributed by atoms with Gasteiger partial charge in [-0.3, -0.25) is 9.67 Å². The van der Waals surface area contributed by atoms with Crippen molar-refractivity contribution in [1.82, 2.24) is 29.5 Å². The van der Waals surface area contributed by atoms with Crippen LogP contribution in [0, 0.1) is 0 Å². The van der Waals surface area contributed by atoms with Crippen molar-refractivity contribution in [2.45, 2.75) is 19.1 Å². The molecule has 3 aromatic heterocycles. The normalized spacial score (nSPS) is 15.1. The average Bonchev–Trinajstić information content (AvgIpc) is 3.26. The minimum absolute atomic E-state index is 0.0923. The molecule has 0 aliphatic heterocycles. The van der Waals surface area contributed by atoms with Crippen molar-refractivity contribution in [3.63, 3.8) is 0 Å². The first-order chi connectivity index (χ1) is 14.0. The van der Waals surface area contributed by atoms with Crippen molar-refractivity contribution in [1.29, 1.82) is 0 Å². The minimum atomic E-state index is -4.43. The maximum atomic E-state index is 12.9. The van der Waals surface area contributed by atoms with Gasteiger partial charge >= 0.3 is 13.7 Å². The second-order valence-corrected chi connectivity index (χ2v) is 5.50. The topological polar surface area (TPSA) is 111 Å². The van der Waals surface area contributed by atoms with Crippen molar-refractivity contribution in [3.05, 3.63) is 42.7 Å². The first-order valence-electron chi connectivity index (χ1n) is 9.24. The standard InChI is InChI=1S/C15H17BF2N6O3/c1-23-14(20-9-22-23)10-6-21-24(8-10)13(4-5-27-15(17)18)12-3-2-11(7-19-12)16(25)26/h2-3,6-9,13,15,25-26H,4-5H2,1H3/i5D2,15D. The lowest BCUT2D eigenvalue weighted by Gasteiger charge is -2.17. The summed E-state index contributed by atoms with van der Waals surface area (Å²) in [6.07, 6.45) is 4.80. The summed E-state index contributed by atoms with van der Waals surface area (Å²) >= 11 is 0. The van der Waals surface area contributed by atoms with Crippen LogP contribution in [0.25, 0.3) is 11.4 Å². The molecule has 3 rings (SSSR count). The van der Waals surface area contributed by atoms with Crippen molar-refractivity contribution < 1.29 is 27.7 Å². The Kier molecular flexibility index (Phi) is 4.74. The molecule has 0 aliphatic carbocycles. The van der Waals surface area contributed by atoms with Gasteiger partial charge in [0, 0.05) is 24.9 Å². The fourth-order valence-corrected chi connectivity index (χ4v) is 2.46. The molecule has 0 saturated heterocycles. The van der Waals surface area contributed by atoms with Crippen molar-refractivity contribution in [3.8, 4) is 11.4 Å². The maximum absolute atomic E-state index is 12.9. The molecule has 142 valence electrons. The van der Waals surface area contributed by atoms with Gasteiger partial charge < -0.3 is 14.8 Å². The van der Waals surface area contributed by atoms with Crippen LogP contribution < -0.4 is 5.46 Å². The van der Waals surface area contributed by atoms with Crippen molar-refractivity contribution in [2.75, 3.05) is 6.56 Å². The summed E-state index contributed by atoms with van der Waals surface area (Å²) in [5, 5.41) is 26.6. The predicted octanol–water partition coefficient (Wildman–Crippen LogP) is -0.0279. The largest absolute Gasteiger partial charge is 0.490 e. The van der Waals surface area contributed by atoms with E-state index in [1.807, 2.05) is 0 Å². The van der Waals surface area contributed by atoms with E-state index in [2.05, 4.69) is 24.9 Å². The van der Waals surface area contributed by atoms with Crippen LogP contribution in [0.1, 0.15) is 22.3 Å². The van der Waals surface area contributed by atoms with E-state index in [9.17, 15) is 18.8 Å². The van der Waals surface area contributed by atoms with Crippen molar-refractivity contribution >= 4 is 12.6 Å². The second kappa shape index (κ2) is 8.33. The van der Waals surface area contributed by atoms with Gasteiger partial charge in [-0.1, -0.05) is 6.07 Å². The Bertz CT molecular complexity index is 996. The van der Waals surface area contributed by atoms with Gasteiger partial charge in [-0.05, 0) is 12.5 Å². The van der Waals surface area contributed by atoms with E-state index < -0.39 is 32.7 Å². The Hall–Kier alpha value is -2.70. The lowest BCUT2D eigenvalue weighted by atomic mass is 9.81.